The third kappa shape index (κ3) is 0.948. The molecule has 0 bridgehead atoms. The topological polar surface area (TPSA) is 61.7 Å². The van der Waals surface area contributed by atoms with Crippen molar-refractivity contribution in [1.82, 2.24) is 5.43 Å². The maximum atomic E-state index is 11.3. The van der Waals surface area contributed by atoms with Crippen LogP contribution < -0.4 is 5.43 Å². The molecule has 4 nitrogen and oxygen atoms in total. The highest BCUT2D eigenvalue weighted by atomic mass is 16.3. The molecule has 0 fully saturated rings. The summed E-state index contributed by atoms with van der Waals surface area (Å²) in [6.07, 6.45) is 0. The molecule has 1 aliphatic rings. The number of amides is 1. The lowest BCUT2D eigenvalue weighted by Crippen LogP contribution is -2.58. The summed E-state index contributed by atoms with van der Waals surface area (Å²) in [5.41, 5.74) is 0.923. The molecule has 1 atom stereocenters. The van der Waals surface area contributed by atoms with Gasteiger partial charge < -0.3 is 5.11 Å². The number of hydrogen-bond acceptors (Lipinski definition) is 3. The first-order chi connectivity index (χ1) is 5.30. The highest BCUT2D eigenvalue weighted by Gasteiger charge is 2.49. The number of nitrogens with zero attached hydrogens (tertiary/aromatic N) is 1. The van der Waals surface area contributed by atoms with E-state index in [1.165, 1.54) is 0 Å². The fraction of sp³-hybridized carbons (Fsp3) is 0.750. The van der Waals surface area contributed by atoms with Gasteiger partial charge in [-0.25, -0.2) is 5.43 Å². The van der Waals surface area contributed by atoms with E-state index >= 15 is 0 Å². The predicted octanol–water partition coefficient (Wildman–Crippen LogP) is 0.269. The molecule has 1 aliphatic heterocycles. The number of rotatable bonds is 0. The Labute approximate surface area is 71.7 Å². The van der Waals surface area contributed by atoms with Crippen LogP contribution >= 0.6 is 0 Å². The van der Waals surface area contributed by atoms with E-state index in [-0.39, 0.29) is 5.91 Å². The minimum Gasteiger partial charge on any atom is -0.383 e. The molecule has 2 N–H and O–H groups in total. The lowest BCUT2D eigenvalue weighted by molar-refractivity contribution is -0.139. The predicted molar refractivity (Wildman–Crippen MR) is 45.7 cm³/mol. The third-order valence-electron chi connectivity index (χ3n) is 2.81. The lowest BCUT2D eigenvalue weighted by Gasteiger charge is -2.40. The number of aliphatic hydroxyl groups is 1. The van der Waals surface area contributed by atoms with Gasteiger partial charge in [-0.2, -0.15) is 5.10 Å². The number of hydrazone groups is 1. The van der Waals surface area contributed by atoms with Crippen LogP contribution in [-0.2, 0) is 4.79 Å². The first-order valence-corrected chi connectivity index (χ1v) is 3.87. The van der Waals surface area contributed by atoms with E-state index in [1.807, 2.05) is 0 Å². The maximum Gasteiger partial charge on any atom is 0.249 e. The van der Waals surface area contributed by atoms with Crippen molar-refractivity contribution in [1.29, 1.82) is 0 Å². The molecular weight excluding hydrogens is 156 g/mol. The van der Waals surface area contributed by atoms with Gasteiger partial charge in [0.05, 0.1) is 11.1 Å². The molecule has 1 rings (SSSR count). The molecule has 0 aromatic rings. The summed E-state index contributed by atoms with van der Waals surface area (Å²) in [6.45, 7) is 6.69. The quantitative estimate of drug-likeness (QED) is 0.548. The van der Waals surface area contributed by atoms with Gasteiger partial charge in [-0.3, -0.25) is 4.79 Å². The fourth-order valence-electron chi connectivity index (χ4n) is 1.06. The highest BCUT2D eigenvalue weighted by molar-refractivity contribution is 6.00. The van der Waals surface area contributed by atoms with Crippen molar-refractivity contribution in [3.05, 3.63) is 0 Å². The van der Waals surface area contributed by atoms with Crippen LogP contribution in [0.1, 0.15) is 27.7 Å². The lowest BCUT2D eigenvalue weighted by atomic mass is 9.72. The van der Waals surface area contributed by atoms with Crippen molar-refractivity contribution in [2.24, 2.45) is 10.5 Å². The van der Waals surface area contributed by atoms with Crippen molar-refractivity contribution >= 4 is 11.6 Å². The monoisotopic (exact) mass is 170 g/mol. The van der Waals surface area contributed by atoms with Crippen LogP contribution in [0.3, 0.4) is 0 Å². The van der Waals surface area contributed by atoms with E-state index in [2.05, 4.69) is 10.5 Å². The van der Waals surface area contributed by atoms with Gasteiger partial charge in [0.15, 0.2) is 0 Å². The Bertz CT molecular complexity index is 254. The summed E-state index contributed by atoms with van der Waals surface area (Å²) in [7, 11) is 0. The zero-order chi connectivity index (χ0) is 9.57. The first-order valence-electron chi connectivity index (χ1n) is 3.87. The molecule has 1 amide bonds. The zero-order valence-corrected chi connectivity index (χ0v) is 7.80. The molecule has 4 heteroatoms. The second-order valence-corrected chi connectivity index (χ2v) is 3.84. The molecule has 0 aliphatic carbocycles. The number of carbonyl (C=O) groups excluding carboxylic acids is 1. The van der Waals surface area contributed by atoms with Gasteiger partial charge in [0.2, 0.25) is 5.91 Å². The molecule has 0 spiro atoms. The standard InChI is InChI=1S/C8H14N2O2/c1-5-8(4,12)7(2,3)6(11)10-9-5/h12H,1-4H3,(H,10,11). The van der Waals surface area contributed by atoms with Crippen LogP contribution in [0.15, 0.2) is 5.10 Å². The second-order valence-electron chi connectivity index (χ2n) is 3.84. The van der Waals surface area contributed by atoms with Crippen LogP contribution in [-0.4, -0.2) is 22.3 Å². The Morgan fingerprint density at radius 3 is 2.33 bits per heavy atom. The molecule has 0 saturated heterocycles. The summed E-state index contributed by atoms with van der Waals surface area (Å²) >= 11 is 0. The molecule has 1 heterocycles. The molecule has 0 saturated carbocycles. The fourth-order valence-corrected chi connectivity index (χ4v) is 1.06. The van der Waals surface area contributed by atoms with Crippen molar-refractivity contribution in [2.75, 3.05) is 0 Å². The van der Waals surface area contributed by atoms with E-state index in [4.69, 9.17) is 0 Å². The number of nitrogens with one attached hydrogen (secondary N) is 1. The van der Waals surface area contributed by atoms with Gasteiger partial charge in [-0.05, 0) is 27.7 Å². The largest absolute Gasteiger partial charge is 0.383 e. The van der Waals surface area contributed by atoms with E-state index in [0.29, 0.717) is 5.71 Å². The molecular formula is C8H14N2O2. The van der Waals surface area contributed by atoms with E-state index in [9.17, 15) is 9.90 Å². The van der Waals surface area contributed by atoms with Gasteiger partial charge >= 0.3 is 0 Å². The van der Waals surface area contributed by atoms with Crippen LogP contribution in [0.2, 0.25) is 0 Å². The summed E-state index contributed by atoms with van der Waals surface area (Å²) in [6, 6.07) is 0. The Hall–Kier alpha value is -0.900. The Kier molecular flexibility index (Phi) is 1.76. The SMILES string of the molecule is CC1=NNC(=O)C(C)(C)C1(C)O. The van der Waals surface area contributed by atoms with E-state index in [0.717, 1.165) is 0 Å². The summed E-state index contributed by atoms with van der Waals surface area (Å²) < 4.78 is 0. The van der Waals surface area contributed by atoms with Crippen molar-refractivity contribution in [3.63, 3.8) is 0 Å². The van der Waals surface area contributed by atoms with Gasteiger partial charge in [0.25, 0.3) is 0 Å². The van der Waals surface area contributed by atoms with Gasteiger partial charge in [-0.15, -0.1) is 0 Å². The van der Waals surface area contributed by atoms with Gasteiger partial charge in [0.1, 0.15) is 5.60 Å². The number of carbonyl (C=O) groups is 1. The first kappa shape index (κ1) is 9.19. The Morgan fingerprint density at radius 2 is 1.92 bits per heavy atom. The van der Waals surface area contributed by atoms with E-state index in [1.54, 1.807) is 27.7 Å². The summed E-state index contributed by atoms with van der Waals surface area (Å²) in [5, 5.41) is 13.7. The maximum absolute atomic E-state index is 11.3. The van der Waals surface area contributed by atoms with E-state index < -0.39 is 11.0 Å². The van der Waals surface area contributed by atoms with Crippen molar-refractivity contribution < 1.29 is 9.90 Å². The van der Waals surface area contributed by atoms with Crippen LogP contribution in [0.5, 0.6) is 0 Å². The Balaban J connectivity index is 3.18. The molecule has 0 aromatic carbocycles. The smallest absolute Gasteiger partial charge is 0.249 e. The molecule has 68 valence electrons. The third-order valence-corrected chi connectivity index (χ3v) is 2.81. The second kappa shape index (κ2) is 2.29. The zero-order valence-electron chi connectivity index (χ0n) is 7.80. The Morgan fingerprint density at radius 1 is 1.42 bits per heavy atom. The average molecular weight is 170 g/mol. The van der Waals surface area contributed by atoms with Crippen LogP contribution in [0.4, 0.5) is 0 Å². The minimum absolute atomic E-state index is 0.252. The molecule has 0 radical (unpaired) electrons. The van der Waals surface area contributed by atoms with Crippen LogP contribution in [0, 0.1) is 5.41 Å². The van der Waals surface area contributed by atoms with Crippen molar-refractivity contribution in [3.8, 4) is 0 Å². The molecule has 12 heavy (non-hydrogen) atoms. The van der Waals surface area contributed by atoms with Crippen molar-refractivity contribution in [2.45, 2.75) is 33.3 Å². The molecule has 0 aromatic heterocycles. The average Bonchev–Trinajstić information content (AvgIpc) is 1.96. The minimum atomic E-state index is -1.16. The number of hydrogen-bond donors (Lipinski definition) is 2. The highest BCUT2D eigenvalue weighted by Crippen LogP contribution is 2.34. The molecule has 1 unspecified atom stereocenters. The normalized spacial score (nSPS) is 34.1. The van der Waals surface area contributed by atoms with Gasteiger partial charge in [-0.1, -0.05) is 0 Å². The van der Waals surface area contributed by atoms with Gasteiger partial charge in [0, 0.05) is 0 Å². The summed E-state index contributed by atoms with van der Waals surface area (Å²) in [5.74, 6) is -0.252. The van der Waals surface area contributed by atoms with Crippen LogP contribution in [0.25, 0.3) is 0 Å². The summed E-state index contributed by atoms with van der Waals surface area (Å²) in [4.78, 5) is 11.3.